The van der Waals surface area contributed by atoms with E-state index in [0.29, 0.717) is 17.7 Å². The molecule has 27 heavy (non-hydrogen) atoms. The summed E-state index contributed by atoms with van der Waals surface area (Å²) in [6, 6.07) is 11.8. The quantitative estimate of drug-likeness (QED) is 0.689. The predicted octanol–water partition coefficient (Wildman–Crippen LogP) is 3.69. The van der Waals surface area contributed by atoms with Crippen LogP contribution in [-0.4, -0.2) is 15.7 Å². The number of halogens is 2. The molecule has 0 aliphatic carbocycles. The molecule has 0 bridgehead atoms. The highest BCUT2D eigenvalue weighted by Crippen LogP contribution is 2.19. The van der Waals surface area contributed by atoms with Crippen molar-refractivity contribution >= 4 is 5.91 Å². The highest BCUT2D eigenvalue weighted by molar-refractivity contribution is 5.94. The molecule has 0 saturated heterocycles. The number of nitrogens with one attached hydrogen (secondary N) is 1. The number of aromatic nitrogens is 2. The molecule has 0 aliphatic rings. The molecule has 7 heteroatoms. The molecule has 2 aromatic carbocycles. The lowest BCUT2D eigenvalue weighted by Crippen LogP contribution is -2.23. The molecule has 1 amide bonds. The van der Waals surface area contributed by atoms with E-state index in [9.17, 15) is 13.6 Å². The molecule has 140 valence electrons. The molecule has 0 fully saturated rings. The fraction of sp³-hybridized carbons (Fsp3) is 0.200. The van der Waals surface area contributed by atoms with E-state index in [1.54, 1.807) is 28.9 Å². The highest BCUT2D eigenvalue weighted by Gasteiger charge is 2.09. The van der Waals surface area contributed by atoms with Gasteiger partial charge in [0, 0.05) is 24.4 Å². The van der Waals surface area contributed by atoms with E-state index in [2.05, 4.69) is 10.4 Å². The molecule has 0 atom stereocenters. The first-order valence-corrected chi connectivity index (χ1v) is 8.52. The Hall–Kier alpha value is -3.22. The molecular weight excluding hydrogens is 352 g/mol. The van der Waals surface area contributed by atoms with Crippen LogP contribution in [0.2, 0.25) is 0 Å². The fourth-order valence-corrected chi connectivity index (χ4v) is 2.50. The van der Waals surface area contributed by atoms with Crippen molar-refractivity contribution in [1.82, 2.24) is 15.1 Å². The lowest BCUT2D eigenvalue weighted by Gasteiger charge is -2.09. The highest BCUT2D eigenvalue weighted by atomic mass is 19.1. The Morgan fingerprint density at radius 3 is 2.78 bits per heavy atom. The van der Waals surface area contributed by atoms with E-state index in [1.807, 2.05) is 19.2 Å². The van der Waals surface area contributed by atoms with Crippen LogP contribution in [0.15, 0.2) is 54.7 Å². The van der Waals surface area contributed by atoms with Crippen LogP contribution in [0.3, 0.4) is 0 Å². The maximum atomic E-state index is 13.6. The van der Waals surface area contributed by atoms with Crippen molar-refractivity contribution in [3.63, 3.8) is 0 Å². The number of amides is 1. The number of hydrogen-bond donors (Lipinski definition) is 1. The van der Waals surface area contributed by atoms with Gasteiger partial charge < -0.3 is 10.1 Å². The minimum absolute atomic E-state index is 0.0437. The summed E-state index contributed by atoms with van der Waals surface area (Å²) in [5.74, 6) is -1.72. The van der Waals surface area contributed by atoms with Crippen LogP contribution >= 0.6 is 0 Å². The van der Waals surface area contributed by atoms with Crippen LogP contribution in [0.4, 0.5) is 8.78 Å². The van der Waals surface area contributed by atoms with Crippen molar-refractivity contribution in [2.75, 3.05) is 0 Å². The summed E-state index contributed by atoms with van der Waals surface area (Å²) in [5, 5.41) is 7.12. The Balaban J connectivity index is 1.59. The van der Waals surface area contributed by atoms with Crippen molar-refractivity contribution in [2.24, 2.45) is 0 Å². The number of aryl methyl sites for hydroxylation is 1. The Bertz CT molecular complexity index is 940. The van der Waals surface area contributed by atoms with Crippen molar-refractivity contribution in [3.05, 3.63) is 83.2 Å². The lowest BCUT2D eigenvalue weighted by molar-refractivity contribution is 0.0950. The van der Waals surface area contributed by atoms with Gasteiger partial charge in [-0.15, -0.1) is 0 Å². The summed E-state index contributed by atoms with van der Waals surface area (Å²) in [6.45, 7) is 3.14. The van der Waals surface area contributed by atoms with Gasteiger partial charge in [-0.1, -0.05) is 12.1 Å². The molecule has 0 radical (unpaired) electrons. The van der Waals surface area contributed by atoms with E-state index >= 15 is 0 Å². The zero-order valence-corrected chi connectivity index (χ0v) is 14.8. The first kappa shape index (κ1) is 18.6. The molecule has 1 N–H and O–H groups in total. The van der Waals surface area contributed by atoms with Gasteiger partial charge in [0.2, 0.25) is 0 Å². The minimum Gasteiger partial charge on any atom is -0.486 e. The van der Waals surface area contributed by atoms with Crippen LogP contribution in [0.25, 0.3) is 0 Å². The maximum Gasteiger partial charge on any atom is 0.251 e. The summed E-state index contributed by atoms with van der Waals surface area (Å²) >= 11 is 0. The van der Waals surface area contributed by atoms with E-state index in [1.165, 1.54) is 6.07 Å². The monoisotopic (exact) mass is 371 g/mol. The van der Waals surface area contributed by atoms with E-state index in [0.717, 1.165) is 24.4 Å². The summed E-state index contributed by atoms with van der Waals surface area (Å²) in [5.41, 5.74) is 1.93. The van der Waals surface area contributed by atoms with Crippen molar-refractivity contribution in [2.45, 2.75) is 26.6 Å². The van der Waals surface area contributed by atoms with Crippen LogP contribution in [0.1, 0.15) is 28.5 Å². The van der Waals surface area contributed by atoms with Gasteiger partial charge >= 0.3 is 0 Å². The first-order chi connectivity index (χ1) is 13.0. The molecular formula is C20H19F2N3O2. The number of hydrogen-bond acceptors (Lipinski definition) is 3. The molecule has 3 rings (SSSR count). The molecule has 1 heterocycles. The van der Waals surface area contributed by atoms with Gasteiger partial charge in [0.1, 0.15) is 12.4 Å². The number of rotatable bonds is 7. The van der Waals surface area contributed by atoms with Crippen LogP contribution in [0, 0.1) is 11.6 Å². The predicted molar refractivity (Wildman–Crippen MR) is 96.2 cm³/mol. The summed E-state index contributed by atoms with van der Waals surface area (Å²) in [6.07, 6.45) is 1.86. The van der Waals surface area contributed by atoms with E-state index < -0.39 is 11.6 Å². The third kappa shape index (κ3) is 4.91. The zero-order chi connectivity index (χ0) is 19.2. The summed E-state index contributed by atoms with van der Waals surface area (Å²) in [4.78, 5) is 12.3. The molecule has 1 aromatic heterocycles. The van der Waals surface area contributed by atoms with Gasteiger partial charge in [-0.3, -0.25) is 9.48 Å². The molecule has 3 aromatic rings. The molecule has 0 spiro atoms. The summed E-state index contributed by atoms with van der Waals surface area (Å²) in [7, 11) is 0. The number of ether oxygens (including phenoxy) is 1. The maximum absolute atomic E-state index is 13.6. The molecule has 0 aliphatic heterocycles. The second-order valence-corrected chi connectivity index (χ2v) is 5.91. The molecule has 0 saturated carbocycles. The first-order valence-electron chi connectivity index (χ1n) is 8.52. The third-order valence-corrected chi connectivity index (χ3v) is 3.93. The largest absolute Gasteiger partial charge is 0.486 e. The average Bonchev–Trinajstić information content (AvgIpc) is 3.14. The zero-order valence-electron chi connectivity index (χ0n) is 14.8. The van der Waals surface area contributed by atoms with Gasteiger partial charge in [-0.2, -0.15) is 5.10 Å². The number of benzene rings is 2. The average molecular weight is 371 g/mol. The van der Waals surface area contributed by atoms with E-state index in [4.69, 9.17) is 4.74 Å². The van der Waals surface area contributed by atoms with Gasteiger partial charge in [0.05, 0.1) is 12.2 Å². The Labute approximate surface area is 155 Å². The fourth-order valence-electron chi connectivity index (χ4n) is 2.50. The minimum atomic E-state index is -0.768. The van der Waals surface area contributed by atoms with Crippen LogP contribution in [-0.2, 0) is 19.7 Å². The van der Waals surface area contributed by atoms with Gasteiger partial charge in [-0.05, 0) is 42.8 Å². The normalized spacial score (nSPS) is 10.6. The van der Waals surface area contributed by atoms with Crippen molar-refractivity contribution < 1.29 is 18.3 Å². The SMILES string of the molecule is CCn1ccc(CNC(=O)c2cccc(COc3ccc(F)cc3F)c2)n1. The van der Waals surface area contributed by atoms with Gasteiger partial charge in [-0.25, -0.2) is 8.78 Å². The third-order valence-electron chi connectivity index (χ3n) is 3.93. The van der Waals surface area contributed by atoms with Crippen LogP contribution in [0.5, 0.6) is 5.75 Å². The standard InChI is InChI=1S/C20H19F2N3O2/c1-2-25-9-8-17(24-25)12-23-20(26)15-5-3-4-14(10-15)13-27-19-7-6-16(21)11-18(19)22/h3-11H,2,12-13H2,1H3,(H,23,26). The number of nitrogens with zero attached hydrogens (tertiary/aromatic N) is 2. The summed E-state index contributed by atoms with van der Waals surface area (Å²) < 4.78 is 33.7. The second kappa shape index (κ2) is 8.44. The smallest absolute Gasteiger partial charge is 0.251 e. The molecule has 5 nitrogen and oxygen atoms in total. The van der Waals surface area contributed by atoms with E-state index in [-0.39, 0.29) is 18.3 Å². The Kier molecular flexibility index (Phi) is 5.80. The Morgan fingerprint density at radius 2 is 2.04 bits per heavy atom. The number of carbonyl (C=O) groups is 1. The Morgan fingerprint density at radius 1 is 1.19 bits per heavy atom. The van der Waals surface area contributed by atoms with Crippen LogP contribution < -0.4 is 10.1 Å². The van der Waals surface area contributed by atoms with Gasteiger partial charge in [0.25, 0.3) is 5.91 Å². The topological polar surface area (TPSA) is 56.2 Å². The second-order valence-electron chi connectivity index (χ2n) is 5.91. The van der Waals surface area contributed by atoms with Crippen molar-refractivity contribution in [3.8, 4) is 5.75 Å². The lowest BCUT2D eigenvalue weighted by atomic mass is 10.1. The molecule has 0 unspecified atom stereocenters. The number of carbonyl (C=O) groups excluding carboxylic acids is 1. The van der Waals surface area contributed by atoms with Crippen molar-refractivity contribution in [1.29, 1.82) is 0 Å². The van der Waals surface area contributed by atoms with Gasteiger partial charge in [0.15, 0.2) is 11.6 Å².